The van der Waals surface area contributed by atoms with Gasteiger partial charge >= 0.3 is 0 Å². The van der Waals surface area contributed by atoms with Gasteiger partial charge in [-0.3, -0.25) is 0 Å². The lowest BCUT2D eigenvalue weighted by molar-refractivity contribution is 0.518. The minimum absolute atomic E-state index is 0.398. The largest absolute Gasteiger partial charge is 0.121 e. The second kappa shape index (κ2) is 5.44. The molecule has 0 aromatic heterocycles. The SMILES string of the molecule is CC1CCC=C([Si](c2ccccc2)C(C)(C)C)C1. The van der Waals surface area contributed by atoms with E-state index < -0.39 is 8.80 Å². The van der Waals surface area contributed by atoms with Gasteiger partial charge in [-0.05, 0) is 30.2 Å². The zero-order chi connectivity index (χ0) is 13.2. The van der Waals surface area contributed by atoms with Crippen LogP contribution in [0.15, 0.2) is 41.6 Å². The van der Waals surface area contributed by atoms with E-state index in [1.54, 1.807) is 10.4 Å². The van der Waals surface area contributed by atoms with E-state index in [1.165, 1.54) is 19.3 Å². The van der Waals surface area contributed by atoms with Gasteiger partial charge in [0, 0.05) is 0 Å². The first-order valence-corrected chi connectivity index (χ1v) is 8.61. The molecule has 0 saturated carbocycles. The summed E-state index contributed by atoms with van der Waals surface area (Å²) in [6.45, 7) is 9.64. The van der Waals surface area contributed by atoms with E-state index >= 15 is 0 Å². The van der Waals surface area contributed by atoms with Crippen molar-refractivity contribution in [3.63, 3.8) is 0 Å². The van der Waals surface area contributed by atoms with Gasteiger partial charge in [-0.25, -0.2) is 0 Å². The van der Waals surface area contributed by atoms with Crippen molar-refractivity contribution >= 4 is 14.0 Å². The van der Waals surface area contributed by atoms with Crippen LogP contribution in [0.2, 0.25) is 5.04 Å². The lowest BCUT2D eigenvalue weighted by Crippen LogP contribution is -2.41. The van der Waals surface area contributed by atoms with Crippen LogP contribution in [0, 0.1) is 5.92 Å². The maximum atomic E-state index is 2.55. The summed E-state index contributed by atoms with van der Waals surface area (Å²) in [4.78, 5) is 0. The van der Waals surface area contributed by atoms with Crippen LogP contribution in [-0.4, -0.2) is 8.80 Å². The van der Waals surface area contributed by atoms with E-state index in [0.29, 0.717) is 5.04 Å². The second-order valence-electron chi connectivity index (χ2n) is 6.61. The lowest BCUT2D eigenvalue weighted by atomic mass is 9.96. The van der Waals surface area contributed by atoms with Gasteiger partial charge in [0.05, 0.1) is 0 Å². The summed E-state index contributed by atoms with van der Waals surface area (Å²) in [7, 11) is -0.610. The summed E-state index contributed by atoms with van der Waals surface area (Å²) < 4.78 is 0. The molecule has 1 atom stereocenters. The molecule has 0 spiro atoms. The number of hydrogen-bond acceptors (Lipinski definition) is 0. The number of hydrogen-bond donors (Lipinski definition) is 0. The Morgan fingerprint density at radius 2 is 1.78 bits per heavy atom. The van der Waals surface area contributed by atoms with Crippen LogP contribution in [0.5, 0.6) is 0 Å². The molecule has 97 valence electrons. The Morgan fingerprint density at radius 1 is 1.11 bits per heavy atom. The summed E-state index contributed by atoms with van der Waals surface area (Å²) >= 11 is 0. The predicted octanol–water partition coefficient (Wildman–Crippen LogP) is 4.47. The molecule has 1 aliphatic carbocycles. The predicted molar refractivity (Wildman–Crippen MR) is 82.6 cm³/mol. The minimum Gasteiger partial charge on any atom is -0.0890 e. The molecule has 0 N–H and O–H groups in total. The van der Waals surface area contributed by atoms with Crippen molar-refractivity contribution < 1.29 is 0 Å². The third-order valence-electron chi connectivity index (χ3n) is 3.75. The molecule has 18 heavy (non-hydrogen) atoms. The highest BCUT2D eigenvalue weighted by atomic mass is 28.3. The molecule has 1 unspecified atom stereocenters. The average molecular weight is 257 g/mol. The summed E-state index contributed by atoms with van der Waals surface area (Å²) in [6.07, 6.45) is 6.53. The van der Waals surface area contributed by atoms with Gasteiger partial charge in [-0.2, -0.15) is 0 Å². The fourth-order valence-corrected chi connectivity index (χ4v) is 6.64. The van der Waals surface area contributed by atoms with Crippen LogP contribution in [0.25, 0.3) is 0 Å². The fraction of sp³-hybridized carbons (Fsp3) is 0.529. The van der Waals surface area contributed by atoms with Crippen LogP contribution in [-0.2, 0) is 0 Å². The second-order valence-corrected chi connectivity index (χ2v) is 10.1. The van der Waals surface area contributed by atoms with Crippen molar-refractivity contribution in [3.05, 3.63) is 41.6 Å². The molecule has 1 aromatic carbocycles. The Balaban J connectivity index is 2.35. The van der Waals surface area contributed by atoms with Crippen molar-refractivity contribution in [2.45, 2.75) is 52.0 Å². The molecule has 0 fully saturated rings. The molecule has 0 bridgehead atoms. The van der Waals surface area contributed by atoms with Crippen LogP contribution in [0.4, 0.5) is 0 Å². The van der Waals surface area contributed by atoms with E-state index in [1.807, 2.05) is 0 Å². The highest BCUT2D eigenvalue weighted by Gasteiger charge is 2.33. The Hall–Kier alpha value is -0.823. The highest BCUT2D eigenvalue weighted by Crippen LogP contribution is 2.36. The summed E-state index contributed by atoms with van der Waals surface area (Å²) in [6, 6.07) is 11.2. The quantitative estimate of drug-likeness (QED) is 0.686. The Bertz CT molecular complexity index is 411. The van der Waals surface area contributed by atoms with E-state index in [9.17, 15) is 0 Å². The monoisotopic (exact) mass is 257 g/mol. The first kappa shape index (κ1) is 13.6. The van der Waals surface area contributed by atoms with E-state index in [-0.39, 0.29) is 0 Å². The van der Waals surface area contributed by atoms with Gasteiger partial charge in [-0.15, -0.1) is 0 Å². The summed E-state index contributed by atoms with van der Waals surface area (Å²) in [5, 5.41) is 3.74. The zero-order valence-electron chi connectivity index (χ0n) is 12.2. The Labute approximate surface area is 114 Å². The molecule has 2 rings (SSSR count). The van der Waals surface area contributed by atoms with Gasteiger partial charge in [0.15, 0.2) is 0 Å². The van der Waals surface area contributed by atoms with Crippen molar-refractivity contribution in [2.75, 3.05) is 0 Å². The van der Waals surface area contributed by atoms with E-state index in [2.05, 4.69) is 64.1 Å². The molecular weight excluding hydrogens is 232 g/mol. The normalized spacial score (nSPS) is 20.9. The highest BCUT2D eigenvalue weighted by molar-refractivity contribution is 6.82. The molecule has 0 amide bonds. The minimum atomic E-state index is -0.610. The summed E-state index contributed by atoms with van der Waals surface area (Å²) in [5.74, 6) is 0.871. The zero-order valence-corrected chi connectivity index (χ0v) is 13.2. The van der Waals surface area contributed by atoms with Crippen molar-refractivity contribution in [3.8, 4) is 0 Å². The maximum absolute atomic E-state index is 2.55. The first-order chi connectivity index (χ1) is 8.48. The lowest BCUT2D eigenvalue weighted by Gasteiger charge is -2.34. The van der Waals surface area contributed by atoms with Gasteiger partial charge in [0.2, 0.25) is 0 Å². The smallest absolute Gasteiger partial charge is 0.0890 e. The van der Waals surface area contributed by atoms with Crippen LogP contribution in [0.1, 0.15) is 47.0 Å². The van der Waals surface area contributed by atoms with Crippen molar-refractivity contribution in [2.24, 2.45) is 5.92 Å². The van der Waals surface area contributed by atoms with E-state index in [4.69, 9.17) is 0 Å². The summed E-state index contributed by atoms with van der Waals surface area (Å²) in [5.41, 5.74) is 0. The molecule has 1 aromatic rings. The van der Waals surface area contributed by atoms with Gasteiger partial charge in [0.1, 0.15) is 8.80 Å². The van der Waals surface area contributed by atoms with Gasteiger partial charge < -0.3 is 0 Å². The number of rotatable bonds is 2. The van der Waals surface area contributed by atoms with Crippen LogP contribution in [0.3, 0.4) is 0 Å². The number of benzene rings is 1. The van der Waals surface area contributed by atoms with E-state index in [0.717, 1.165) is 5.92 Å². The molecular formula is C17H25Si. The molecule has 0 saturated heterocycles. The van der Waals surface area contributed by atoms with Crippen LogP contribution >= 0.6 is 0 Å². The van der Waals surface area contributed by atoms with Gasteiger partial charge in [-0.1, -0.05) is 74.5 Å². The molecule has 1 aliphatic rings. The molecule has 0 heterocycles. The topological polar surface area (TPSA) is 0 Å². The van der Waals surface area contributed by atoms with Gasteiger partial charge in [0.25, 0.3) is 0 Å². The first-order valence-electron chi connectivity index (χ1n) is 7.11. The maximum Gasteiger partial charge on any atom is 0.121 e. The fourth-order valence-electron chi connectivity index (χ4n) is 3.01. The molecule has 0 aliphatic heterocycles. The third kappa shape index (κ3) is 3.14. The standard InChI is InChI=1S/C17H25Si/c1-14-9-8-12-16(13-14)18(17(2,3)4)15-10-6-5-7-11-15/h5-7,10-12,14H,8-9,13H2,1-4H3. The van der Waals surface area contributed by atoms with Crippen LogP contribution < -0.4 is 5.19 Å². The molecule has 1 heteroatoms. The van der Waals surface area contributed by atoms with Crippen molar-refractivity contribution in [1.82, 2.24) is 0 Å². The average Bonchev–Trinajstić information content (AvgIpc) is 2.28. The Morgan fingerprint density at radius 3 is 2.33 bits per heavy atom. The molecule has 0 nitrogen and oxygen atoms in total. The molecule has 1 radical (unpaired) electrons. The third-order valence-corrected chi connectivity index (χ3v) is 7.21. The number of allylic oxidation sites excluding steroid dienone is 2. The van der Waals surface area contributed by atoms with Crippen molar-refractivity contribution in [1.29, 1.82) is 0 Å². The Kier molecular flexibility index (Phi) is 4.11.